The number of hydrogen-bond acceptors (Lipinski definition) is 5. The van der Waals surface area contributed by atoms with Crippen molar-refractivity contribution in [3.05, 3.63) is 88.6 Å². The number of nitrogens with one attached hydrogen (secondary N) is 2. The molecule has 0 fully saturated rings. The Balaban J connectivity index is 1.32. The highest BCUT2D eigenvalue weighted by Crippen LogP contribution is 2.46. The number of hydrogen-bond donors (Lipinski definition) is 3. The van der Waals surface area contributed by atoms with Gasteiger partial charge in [-0.05, 0) is 59.9 Å². The zero-order valence-corrected chi connectivity index (χ0v) is 17.8. The Morgan fingerprint density at radius 1 is 1.09 bits per heavy atom. The van der Waals surface area contributed by atoms with Gasteiger partial charge in [-0.1, -0.05) is 24.3 Å². The van der Waals surface area contributed by atoms with Crippen LogP contribution >= 0.6 is 0 Å². The number of rotatable bonds is 4. The van der Waals surface area contributed by atoms with Gasteiger partial charge in [-0.2, -0.15) is 0 Å². The summed E-state index contributed by atoms with van der Waals surface area (Å²) >= 11 is 0. The van der Waals surface area contributed by atoms with Crippen molar-refractivity contribution in [1.29, 1.82) is 0 Å². The summed E-state index contributed by atoms with van der Waals surface area (Å²) in [6.07, 6.45) is 2.75. The lowest BCUT2D eigenvalue weighted by atomic mass is 9.79. The van der Waals surface area contributed by atoms with Crippen LogP contribution < -0.4 is 15.8 Å². The van der Waals surface area contributed by atoms with Gasteiger partial charge in [-0.3, -0.25) is 9.59 Å². The average molecular weight is 449 g/mol. The zero-order chi connectivity index (χ0) is 22.5. The van der Waals surface area contributed by atoms with E-state index in [1.54, 1.807) is 24.4 Å². The predicted molar refractivity (Wildman–Crippen MR) is 117 cm³/mol. The monoisotopic (exact) mass is 448 g/mol. The van der Waals surface area contributed by atoms with Crippen LogP contribution in [-0.2, 0) is 39.6 Å². The van der Waals surface area contributed by atoms with Crippen LogP contribution in [0.1, 0.15) is 32.6 Å². The Kier molecular flexibility index (Phi) is 4.61. The molecule has 4 N–H and O–H groups in total. The first-order valence-electron chi connectivity index (χ1n) is 10.0. The van der Waals surface area contributed by atoms with Gasteiger partial charge in [0, 0.05) is 23.9 Å². The van der Waals surface area contributed by atoms with Gasteiger partial charge in [0.05, 0.1) is 10.3 Å². The van der Waals surface area contributed by atoms with Gasteiger partial charge in [0.1, 0.15) is 5.82 Å². The Hall–Kier alpha value is -3.56. The Morgan fingerprint density at radius 2 is 1.84 bits per heavy atom. The summed E-state index contributed by atoms with van der Waals surface area (Å²) in [4.78, 5) is 29.8. The SMILES string of the molecule is NS(=O)(=O)c1ccc(CNC(=O)c2ccc3c(c2)CC2(C3)C(=O)Nc3ncccc32)cc1. The molecule has 2 aliphatic rings. The van der Waals surface area contributed by atoms with Gasteiger partial charge in [-0.15, -0.1) is 0 Å². The molecule has 1 aromatic heterocycles. The summed E-state index contributed by atoms with van der Waals surface area (Å²) in [7, 11) is -3.75. The number of nitrogens with two attached hydrogens (primary N) is 1. The van der Waals surface area contributed by atoms with Gasteiger partial charge >= 0.3 is 0 Å². The first kappa shape index (κ1) is 20.3. The molecule has 1 unspecified atom stereocenters. The molecule has 1 aliphatic carbocycles. The number of benzene rings is 2. The zero-order valence-electron chi connectivity index (χ0n) is 17.0. The lowest BCUT2D eigenvalue weighted by molar-refractivity contribution is -0.120. The van der Waals surface area contributed by atoms with Crippen molar-refractivity contribution in [1.82, 2.24) is 10.3 Å². The van der Waals surface area contributed by atoms with Crippen LogP contribution in [0.3, 0.4) is 0 Å². The second-order valence-corrected chi connectivity index (χ2v) is 9.71. The minimum absolute atomic E-state index is 0.0212. The van der Waals surface area contributed by atoms with Crippen LogP contribution in [0.5, 0.6) is 0 Å². The summed E-state index contributed by atoms with van der Waals surface area (Å²) in [6.45, 7) is 0.242. The molecule has 0 radical (unpaired) electrons. The van der Waals surface area contributed by atoms with Crippen LogP contribution in [-0.4, -0.2) is 25.2 Å². The molecule has 2 heterocycles. The van der Waals surface area contributed by atoms with Gasteiger partial charge in [0.2, 0.25) is 15.9 Å². The normalized spacial score (nSPS) is 18.8. The smallest absolute Gasteiger partial charge is 0.251 e. The number of primary sulfonamides is 1. The van der Waals surface area contributed by atoms with E-state index < -0.39 is 15.4 Å². The number of anilines is 1. The van der Waals surface area contributed by atoms with Crippen LogP contribution in [0, 0.1) is 0 Å². The molecule has 5 rings (SSSR count). The maximum absolute atomic E-state index is 12.8. The van der Waals surface area contributed by atoms with Crippen LogP contribution in [0.25, 0.3) is 0 Å². The molecular formula is C23H20N4O4S. The van der Waals surface area contributed by atoms with Crippen LogP contribution in [0.2, 0.25) is 0 Å². The van der Waals surface area contributed by atoms with Gasteiger partial charge < -0.3 is 10.6 Å². The number of nitrogens with zero attached hydrogens (tertiary/aromatic N) is 1. The fraction of sp³-hybridized carbons (Fsp3) is 0.174. The van der Waals surface area contributed by atoms with Gasteiger partial charge in [-0.25, -0.2) is 18.5 Å². The molecule has 0 saturated carbocycles. The molecule has 1 atom stereocenters. The molecule has 1 spiro atoms. The van der Waals surface area contributed by atoms with Crippen molar-refractivity contribution < 1.29 is 18.0 Å². The first-order valence-corrected chi connectivity index (χ1v) is 11.6. The first-order chi connectivity index (χ1) is 15.3. The molecular weight excluding hydrogens is 428 g/mol. The van der Waals surface area contributed by atoms with Crippen molar-refractivity contribution in [3.8, 4) is 0 Å². The predicted octanol–water partition coefficient (Wildman–Crippen LogP) is 1.65. The second kappa shape index (κ2) is 7.25. The summed E-state index contributed by atoms with van der Waals surface area (Å²) in [5.74, 6) is 0.301. The third-order valence-electron chi connectivity index (χ3n) is 6.15. The Labute approximate surface area is 184 Å². The van der Waals surface area contributed by atoms with E-state index >= 15 is 0 Å². The van der Waals surface area contributed by atoms with Crippen LogP contribution in [0.15, 0.2) is 65.7 Å². The molecule has 9 heteroatoms. The highest BCUT2D eigenvalue weighted by Gasteiger charge is 2.51. The molecule has 162 valence electrons. The maximum Gasteiger partial charge on any atom is 0.251 e. The van der Waals surface area contributed by atoms with E-state index in [4.69, 9.17) is 5.14 Å². The van der Waals surface area contributed by atoms with E-state index in [1.807, 2.05) is 24.3 Å². The van der Waals surface area contributed by atoms with Crippen LogP contribution in [0.4, 0.5) is 5.82 Å². The molecule has 2 amide bonds. The summed E-state index contributed by atoms with van der Waals surface area (Å²) < 4.78 is 22.7. The number of carbonyl (C=O) groups excluding carboxylic acids is 2. The van der Waals surface area contributed by atoms with Crippen molar-refractivity contribution in [2.75, 3.05) is 5.32 Å². The van der Waals surface area contributed by atoms with E-state index in [0.717, 1.165) is 22.3 Å². The highest BCUT2D eigenvalue weighted by molar-refractivity contribution is 7.89. The molecule has 0 bridgehead atoms. The third-order valence-corrected chi connectivity index (χ3v) is 7.08. The quantitative estimate of drug-likeness (QED) is 0.558. The number of fused-ring (bicyclic) bond motifs is 3. The Morgan fingerprint density at radius 3 is 2.59 bits per heavy atom. The van der Waals surface area contributed by atoms with Gasteiger partial charge in [0.25, 0.3) is 5.91 Å². The minimum atomic E-state index is -3.75. The number of aromatic nitrogens is 1. The fourth-order valence-electron chi connectivity index (χ4n) is 4.49. The second-order valence-electron chi connectivity index (χ2n) is 8.14. The molecule has 3 aromatic rings. The average Bonchev–Trinajstić information content (AvgIpc) is 3.29. The van der Waals surface area contributed by atoms with E-state index in [2.05, 4.69) is 15.6 Å². The lowest BCUT2D eigenvalue weighted by Crippen LogP contribution is -2.35. The molecule has 2 aromatic carbocycles. The summed E-state index contributed by atoms with van der Waals surface area (Å²) in [5.41, 5.74) is 3.50. The molecule has 1 aliphatic heterocycles. The lowest BCUT2D eigenvalue weighted by Gasteiger charge is -2.20. The number of amides is 2. The number of pyridine rings is 1. The fourth-order valence-corrected chi connectivity index (χ4v) is 5.01. The topological polar surface area (TPSA) is 131 Å². The third kappa shape index (κ3) is 3.35. The van der Waals surface area contributed by atoms with E-state index in [0.29, 0.717) is 24.2 Å². The van der Waals surface area contributed by atoms with E-state index in [9.17, 15) is 18.0 Å². The van der Waals surface area contributed by atoms with Crippen molar-refractivity contribution >= 4 is 27.7 Å². The summed E-state index contributed by atoms with van der Waals surface area (Å²) in [5, 5.41) is 10.8. The molecule has 32 heavy (non-hydrogen) atoms. The van der Waals surface area contributed by atoms with Gasteiger partial charge in [0.15, 0.2) is 0 Å². The number of sulfonamides is 1. The largest absolute Gasteiger partial charge is 0.348 e. The number of carbonyl (C=O) groups is 2. The maximum atomic E-state index is 12.8. The Bertz CT molecular complexity index is 1370. The summed E-state index contributed by atoms with van der Waals surface area (Å²) in [6, 6.07) is 15.3. The van der Waals surface area contributed by atoms with E-state index in [-0.39, 0.29) is 23.3 Å². The van der Waals surface area contributed by atoms with E-state index in [1.165, 1.54) is 12.1 Å². The highest BCUT2D eigenvalue weighted by atomic mass is 32.2. The van der Waals surface area contributed by atoms with Crippen molar-refractivity contribution in [2.24, 2.45) is 5.14 Å². The standard InChI is InChI=1S/C23H20N4O4S/c24-32(30,31)18-7-3-14(4-8-18)13-26-21(28)15-5-6-16-11-23(12-17(16)10-15)19-2-1-9-25-20(19)27-22(23)29/h1-10H,11-13H2,(H,26,28)(H2,24,30,31)(H,25,27,29). The minimum Gasteiger partial charge on any atom is -0.348 e. The molecule has 8 nitrogen and oxygen atoms in total. The molecule has 0 saturated heterocycles. The van der Waals surface area contributed by atoms with Crippen molar-refractivity contribution in [2.45, 2.75) is 29.7 Å². The van der Waals surface area contributed by atoms with Crippen molar-refractivity contribution in [3.63, 3.8) is 0 Å².